The van der Waals surface area contributed by atoms with Crippen LogP contribution in [-0.4, -0.2) is 68.3 Å². The Bertz CT molecular complexity index is 470. The molecule has 0 aromatic rings. The Balaban J connectivity index is 2.44. The number of methoxy groups -OCH3 is 1. The summed E-state index contributed by atoms with van der Waals surface area (Å²) in [5.41, 5.74) is 0. The number of nitrogens with one attached hydrogen (secondary N) is 1. The quantitative estimate of drug-likeness (QED) is 0.638. The van der Waals surface area contributed by atoms with Crippen LogP contribution in [0.15, 0.2) is 0 Å². The van der Waals surface area contributed by atoms with Crippen LogP contribution in [0.25, 0.3) is 0 Å². The minimum atomic E-state index is -3.21. The van der Waals surface area contributed by atoms with Gasteiger partial charge in [0.2, 0.25) is 15.9 Å². The first-order valence-electron chi connectivity index (χ1n) is 6.83. The van der Waals surface area contributed by atoms with E-state index in [1.807, 2.05) is 0 Å². The van der Waals surface area contributed by atoms with Gasteiger partial charge in [-0.05, 0) is 19.8 Å². The van der Waals surface area contributed by atoms with Crippen molar-refractivity contribution < 1.29 is 27.9 Å². The van der Waals surface area contributed by atoms with Gasteiger partial charge in [-0.1, -0.05) is 0 Å². The van der Waals surface area contributed by atoms with Crippen LogP contribution in [0.2, 0.25) is 0 Å². The van der Waals surface area contributed by atoms with Crippen LogP contribution in [0, 0.1) is 5.92 Å². The Kier molecular flexibility index (Phi) is 6.56. The number of ether oxygens (including phenoxy) is 1. The smallest absolute Gasteiger partial charge is 0.334 e. The molecular formula is C12H22N2O6S. The van der Waals surface area contributed by atoms with Crippen LogP contribution in [-0.2, 0) is 24.3 Å². The van der Waals surface area contributed by atoms with Crippen molar-refractivity contribution >= 4 is 21.9 Å². The molecule has 0 spiro atoms. The van der Waals surface area contributed by atoms with Crippen LogP contribution >= 0.6 is 0 Å². The summed E-state index contributed by atoms with van der Waals surface area (Å²) in [7, 11) is -1.94. The number of amides is 1. The number of hydrogen-bond donors (Lipinski definition) is 2. The van der Waals surface area contributed by atoms with E-state index >= 15 is 0 Å². The molecule has 0 saturated carbocycles. The minimum absolute atomic E-state index is 0.0536. The Morgan fingerprint density at radius 2 is 1.95 bits per heavy atom. The summed E-state index contributed by atoms with van der Waals surface area (Å²) in [6.45, 7) is 2.13. The molecule has 1 aliphatic rings. The highest BCUT2D eigenvalue weighted by Crippen LogP contribution is 2.19. The largest absolute Gasteiger partial charge is 0.479 e. The van der Waals surface area contributed by atoms with E-state index in [2.05, 4.69) is 5.32 Å². The molecule has 1 atom stereocenters. The van der Waals surface area contributed by atoms with Gasteiger partial charge in [-0.15, -0.1) is 0 Å². The molecule has 0 aromatic heterocycles. The lowest BCUT2D eigenvalue weighted by Crippen LogP contribution is -2.45. The molecule has 1 unspecified atom stereocenters. The first kappa shape index (κ1) is 17.9. The van der Waals surface area contributed by atoms with Crippen LogP contribution in [0.3, 0.4) is 0 Å². The van der Waals surface area contributed by atoms with Crippen molar-refractivity contribution in [2.45, 2.75) is 25.9 Å². The van der Waals surface area contributed by atoms with E-state index in [0.717, 1.165) is 0 Å². The van der Waals surface area contributed by atoms with Crippen LogP contribution in [0.1, 0.15) is 19.8 Å². The second kappa shape index (κ2) is 7.71. The van der Waals surface area contributed by atoms with E-state index in [4.69, 9.17) is 9.84 Å². The van der Waals surface area contributed by atoms with Gasteiger partial charge in [-0.3, -0.25) is 4.79 Å². The predicted molar refractivity (Wildman–Crippen MR) is 75.2 cm³/mol. The molecule has 2 N–H and O–H groups in total. The number of piperidine rings is 1. The number of rotatable bonds is 7. The number of carboxylic acid groups (broad SMARTS) is 1. The molecule has 1 saturated heterocycles. The van der Waals surface area contributed by atoms with Crippen molar-refractivity contribution in [3.63, 3.8) is 0 Å². The summed E-state index contributed by atoms with van der Waals surface area (Å²) in [5.74, 6) is -1.63. The highest BCUT2D eigenvalue weighted by atomic mass is 32.2. The third kappa shape index (κ3) is 4.94. The summed E-state index contributed by atoms with van der Waals surface area (Å²) in [4.78, 5) is 22.7. The van der Waals surface area contributed by atoms with Gasteiger partial charge >= 0.3 is 5.97 Å². The molecule has 0 radical (unpaired) electrons. The molecule has 0 aliphatic carbocycles. The van der Waals surface area contributed by atoms with Gasteiger partial charge in [0.1, 0.15) is 0 Å². The zero-order chi connectivity index (χ0) is 16.0. The Morgan fingerprint density at radius 1 is 1.38 bits per heavy atom. The van der Waals surface area contributed by atoms with Gasteiger partial charge in [-0.2, -0.15) is 0 Å². The van der Waals surface area contributed by atoms with E-state index in [1.54, 1.807) is 6.92 Å². The minimum Gasteiger partial charge on any atom is -0.479 e. The first-order chi connectivity index (χ1) is 9.81. The number of carboxylic acids is 1. The fraction of sp³-hybridized carbons (Fsp3) is 0.833. The number of nitrogens with zero attached hydrogens (tertiary/aromatic N) is 1. The van der Waals surface area contributed by atoms with Crippen molar-refractivity contribution in [1.29, 1.82) is 0 Å². The Morgan fingerprint density at radius 3 is 2.38 bits per heavy atom. The van der Waals surface area contributed by atoms with E-state index in [1.165, 1.54) is 11.4 Å². The van der Waals surface area contributed by atoms with Crippen LogP contribution < -0.4 is 5.32 Å². The SMILES string of the molecule is CCS(=O)(=O)N1CCC(C(=O)NCC(OC)C(=O)O)CC1. The third-order valence-corrected chi connectivity index (χ3v) is 5.49. The van der Waals surface area contributed by atoms with Crippen molar-refractivity contribution in [3.05, 3.63) is 0 Å². The molecule has 8 nitrogen and oxygen atoms in total. The number of hydrogen-bond acceptors (Lipinski definition) is 5. The van der Waals surface area contributed by atoms with Crippen LogP contribution in [0.4, 0.5) is 0 Å². The van der Waals surface area contributed by atoms with E-state index in [9.17, 15) is 18.0 Å². The summed E-state index contributed by atoms with van der Waals surface area (Å²) >= 11 is 0. The molecule has 1 heterocycles. The molecular weight excluding hydrogens is 300 g/mol. The maximum Gasteiger partial charge on any atom is 0.334 e. The lowest BCUT2D eigenvalue weighted by atomic mass is 9.97. The average Bonchev–Trinajstić information content (AvgIpc) is 2.47. The van der Waals surface area contributed by atoms with E-state index in [-0.39, 0.29) is 24.1 Å². The van der Waals surface area contributed by atoms with Crippen molar-refractivity contribution in [1.82, 2.24) is 9.62 Å². The van der Waals surface area contributed by atoms with Gasteiger partial charge in [0.25, 0.3) is 0 Å². The Hall–Kier alpha value is -1.19. The number of sulfonamides is 1. The lowest BCUT2D eigenvalue weighted by molar-refractivity contribution is -0.148. The van der Waals surface area contributed by atoms with Crippen molar-refractivity contribution in [2.75, 3.05) is 32.5 Å². The zero-order valence-corrected chi connectivity index (χ0v) is 13.1. The summed E-state index contributed by atoms with van der Waals surface area (Å²) in [6, 6.07) is 0. The molecule has 1 aliphatic heterocycles. The molecule has 0 bridgehead atoms. The van der Waals surface area contributed by atoms with Gasteiger partial charge in [0.15, 0.2) is 6.10 Å². The normalized spacial score (nSPS) is 19.1. The molecule has 1 fully saturated rings. The molecule has 9 heteroatoms. The maximum absolute atomic E-state index is 11.9. The number of carbonyl (C=O) groups excluding carboxylic acids is 1. The van der Waals surface area contributed by atoms with Gasteiger partial charge in [0.05, 0.1) is 12.3 Å². The number of aliphatic carboxylic acids is 1. The zero-order valence-electron chi connectivity index (χ0n) is 12.2. The molecule has 1 rings (SSSR count). The van der Waals surface area contributed by atoms with Gasteiger partial charge in [0, 0.05) is 26.1 Å². The Labute approximate surface area is 124 Å². The number of carbonyl (C=O) groups is 2. The summed E-state index contributed by atoms with van der Waals surface area (Å²) in [6.07, 6.45) is -0.194. The van der Waals surface area contributed by atoms with E-state index in [0.29, 0.717) is 25.9 Å². The van der Waals surface area contributed by atoms with Gasteiger partial charge < -0.3 is 15.2 Å². The predicted octanol–water partition coefficient (Wildman–Crippen LogP) is -0.736. The molecule has 1 amide bonds. The molecule has 122 valence electrons. The topological polar surface area (TPSA) is 113 Å². The highest BCUT2D eigenvalue weighted by Gasteiger charge is 2.30. The average molecular weight is 322 g/mol. The van der Waals surface area contributed by atoms with Gasteiger partial charge in [-0.25, -0.2) is 17.5 Å². The summed E-state index contributed by atoms with van der Waals surface area (Å²) < 4.78 is 29.5. The lowest BCUT2D eigenvalue weighted by Gasteiger charge is -2.30. The second-order valence-corrected chi connectivity index (χ2v) is 7.14. The highest BCUT2D eigenvalue weighted by molar-refractivity contribution is 7.89. The molecule has 0 aromatic carbocycles. The standard InChI is InChI=1S/C12H22N2O6S/c1-3-21(18,19)14-6-4-9(5-7-14)11(15)13-8-10(20-2)12(16)17/h9-10H,3-8H2,1-2H3,(H,13,15)(H,16,17). The first-order valence-corrected chi connectivity index (χ1v) is 8.43. The monoisotopic (exact) mass is 322 g/mol. The van der Waals surface area contributed by atoms with Crippen molar-refractivity contribution in [3.8, 4) is 0 Å². The van der Waals surface area contributed by atoms with E-state index < -0.39 is 22.1 Å². The maximum atomic E-state index is 11.9. The fourth-order valence-electron chi connectivity index (χ4n) is 2.19. The molecule has 21 heavy (non-hydrogen) atoms. The second-order valence-electron chi connectivity index (χ2n) is 4.88. The summed E-state index contributed by atoms with van der Waals surface area (Å²) in [5, 5.41) is 11.3. The van der Waals surface area contributed by atoms with Crippen LogP contribution in [0.5, 0.6) is 0 Å². The third-order valence-electron chi connectivity index (χ3n) is 3.60. The fourth-order valence-corrected chi connectivity index (χ4v) is 3.32. The van der Waals surface area contributed by atoms with Crippen molar-refractivity contribution in [2.24, 2.45) is 5.92 Å².